The Labute approximate surface area is 71.1 Å². The first-order valence-corrected chi connectivity index (χ1v) is 3.62. The molecule has 1 rings (SSSR count). The van der Waals surface area contributed by atoms with Gasteiger partial charge in [-0.05, 0) is 22.6 Å². The van der Waals surface area contributed by atoms with Crippen molar-refractivity contribution in [2.45, 2.75) is 0 Å². The molecule has 0 aliphatic rings. The summed E-state index contributed by atoms with van der Waals surface area (Å²) in [6, 6.07) is 0. The zero-order chi connectivity index (χ0) is 6.69. The molecule has 0 unspecified atom stereocenters. The Morgan fingerprint density at radius 3 is 2.89 bits per heavy atom. The van der Waals surface area contributed by atoms with Crippen LogP contribution in [0, 0.1) is 3.70 Å². The molecule has 0 fully saturated rings. The summed E-state index contributed by atoms with van der Waals surface area (Å²) < 4.78 is 0.817. The molecular formula is C4H3ClIN3. The van der Waals surface area contributed by atoms with Crippen molar-refractivity contribution >= 4 is 40.1 Å². The summed E-state index contributed by atoms with van der Waals surface area (Å²) >= 11 is 7.36. The largest absolute Gasteiger partial charge is 0.294 e. The topological polar surface area (TPSA) is 37.8 Å². The highest BCUT2D eigenvalue weighted by Crippen LogP contribution is 2.12. The van der Waals surface area contributed by atoms with Gasteiger partial charge in [0.15, 0.2) is 0 Å². The molecule has 0 radical (unpaired) electrons. The fraction of sp³-hybridized carbons (Fsp3) is 0. The van der Waals surface area contributed by atoms with Gasteiger partial charge in [0.1, 0.15) is 10.0 Å². The van der Waals surface area contributed by atoms with Crippen LogP contribution in [0.25, 0.3) is 0 Å². The maximum absolute atomic E-state index is 5.30. The summed E-state index contributed by atoms with van der Waals surface area (Å²) in [5.74, 6) is 0. The lowest BCUT2D eigenvalue weighted by Gasteiger charge is -1.95. The zero-order valence-corrected chi connectivity index (χ0v) is 7.22. The molecule has 3 nitrogen and oxygen atoms in total. The van der Waals surface area contributed by atoms with Crippen LogP contribution >= 0.6 is 34.4 Å². The molecule has 0 spiro atoms. The summed E-state index contributed by atoms with van der Waals surface area (Å²) in [5, 5.41) is 0. The Kier molecular flexibility index (Phi) is 2.47. The minimum Gasteiger partial charge on any atom is -0.294 e. The molecule has 0 aliphatic heterocycles. The van der Waals surface area contributed by atoms with Crippen molar-refractivity contribution in [3.05, 3.63) is 16.2 Å². The van der Waals surface area contributed by atoms with Gasteiger partial charge in [0.2, 0.25) is 0 Å². The lowest BCUT2D eigenvalue weighted by atomic mass is 10.6. The van der Waals surface area contributed by atoms with Gasteiger partial charge in [0.05, 0.1) is 11.9 Å². The van der Waals surface area contributed by atoms with Crippen LogP contribution in [0.5, 0.6) is 0 Å². The van der Waals surface area contributed by atoms with E-state index in [2.05, 4.69) is 37.4 Å². The number of nitrogens with one attached hydrogen (secondary N) is 1. The smallest absolute Gasteiger partial charge is 0.128 e. The summed E-state index contributed by atoms with van der Waals surface area (Å²) in [5.41, 5.74) is 0.736. The SMILES string of the molecule is ClNc1cncnc1I. The summed E-state index contributed by atoms with van der Waals surface area (Å²) in [6.45, 7) is 0. The van der Waals surface area contributed by atoms with Crippen LogP contribution in [-0.4, -0.2) is 9.97 Å². The van der Waals surface area contributed by atoms with E-state index < -0.39 is 0 Å². The second-order valence-electron chi connectivity index (χ2n) is 1.32. The molecule has 0 saturated heterocycles. The molecule has 0 saturated carbocycles. The first-order chi connectivity index (χ1) is 4.34. The number of halogens is 2. The predicted molar refractivity (Wildman–Crippen MR) is 44.2 cm³/mol. The maximum Gasteiger partial charge on any atom is 0.128 e. The maximum atomic E-state index is 5.30. The van der Waals surface area contributed by atoms with Gasteiger partial charge in [0.25, 0.3) is 0 Å². The molecule has 0 aromatic carbocycles. The molecule has 1 aromatic heterocycles. The van der Waals surface area contributed by atoms with Crippen molar-refractivity contribution in [3.8, 4) is 0 Å². The third-order valence-corrected chi connectivity index (χ3v) is 1.83. The lowest BCUT2D eigenvalue weighted by Crippen LogP contribution is -1.89. The molecule has 1 aromatic rings. The van der Waals surface area contributed by atoms with Crippen LogP contribution in [-0.2, 0) is 0 Å². The van der Waals surface area contributed by atoms with E-state index in [1.807, 2.05) is 0 Å². The highest BCUT2D eigenvalue weighted by atomic mass is 127. The summed E-state index contributed by atoms with van der Waals surface area (Å²) in [7, 11) is 0. The Balaban J connectivity index is 3.01. The van der Waals surface area contributed by atoms with Crippen LogP contribution in [0.3, 0.4) is 0 Å². The van der Waals surface area contributed by atoms with Gasteiger partial charge in [0, 0.05) is 11.8 Å². The third-order valence-electron chi connectivity index (χ3n) is 0.765. The molecule has 0 amide bonds. The van der Waals surface area contributed by atoms with Crippen LogP contribution in [0.4, 0.5) is 5.69 Å². The Bertz CT molecular complexity index is 205. The van der Waals surface area contributed by atoms with E-state index >= 15 is 0 Å². The van der Waals surface area contributed by atoms with Gasteiger partial charge >= 0.3 is 0 Å². The summed E-state index contributed by atoms with van der Waals surface area (Å²) in [6.07, 6.45) is 3.08. The van der Waals surface area contributed by atoms with Crippen molar-refractivity contribution in [1.82, 2.24) is 9.97 Å². The molecule has 1 N–H and O–H groups in total. The number of aromatic nitrogens is 2. The normalized spacial score (nSPS) is 9.11. The fourth-order valence-electron chi connectivity index (χ4n) is 0.378. The van der Waals surface area contributed by atoms with Gasteiger partial charge in [-0.1, -0.05) is 0 Å². The number of nitrogens with zero attached hydrogens (tertiary/aromatic N) is 2. The van der Waals surface area contributed by atoms with E-state index in [1.54, 1.807) is 6.20 Å². The van der Waals surface area contributed by atoms with Crippen molar-refractivity contribution < 1.29 is 0 Å². The highest BCUT2D eigenvalue weighted by Gasteiger charge is 1.94. The standard InChI is InChI=1S/C4H3ClIN3/c5-9-3-1-7-2-8-4(3)6/h1-2,9H. The monoisotopic (exact) mass is 255 g/mol. The molecule has 0 atom stereocenters. The molecule has 48 valence electrons. The van der Waals surface area contributed by atoms with Gasteiger partial charge in [-0.3, -0.25) is 4.84 Å². The Morgan fingerprint density at radius 1 is 1.67 bits per heavy atom. The fourth-order valence-corrected chi connectivity index (χ4v) is 1.07. The van der Waals surface area contributed by atoms with Crippen LogP contribution < -0.4 is 4.84 Å². The van der Waals surface area contributed by atoms with Crippen LogP contribution in [0.15, 0.2) is 12.5 Å². The number of hydrogen-bond donors (Lipinski definition) is 1. The van der Waals surface area contributed by atoms with E-state index in [0.29, 0.717) is 0 Å². The molecule has 0 aliphatic carbocycles. The number of anilines is 1. The number of hydrogen-bond acceptors (Lipinski definition) is 3. The van der Waals surface area contributed by atoms with E-state index in [0.717, 1.165) is 9.39 Å². The molecular weight excluding hydrogens is 252 g/mol. The van der Waals surface area contributed by atoms with E-state index in [-0.39, 0.29) is 0 Å². The van der Waals surface area contributed by atoms with Crippen molar-refractivity contribution in [2.75, 3.05) is 4.84 Å². The first kappa shape index (κ1) is 7.01. The molecule has 1 heterocycles. The second-order valence-corrected chi connectivity index (χ2v) is 2.53. The van der Waals surface area contributed by atoms with Gasteiger partial charge in [-0.2, -0.15) is 0 Å². The lowest BCUT2D eigenvalue weighted by molar-refractivity contribution is 1.14. The minimum atomic E-state index is 0.736. The quantitative estimate of drug-likeness (QED) is 0.471. The molecule has 9 heavy (non-hydrogen) atoms. The van der Waals surface area contributed by atoms with Crippen molar-refractivity contribution in [3.63, 3.8) is 0 Å². The zero-order valence-electron chi connectivity index (χ0n) is 4.31. The predicted octanol–water partition coefficient (Wildman–Crippen LogP) is 1.65. The highest BCUT2D eigenvalue weighted by molar-refractivity contribution is 14.1. The van der Waals surface area contributed by atoms with Gasteiger partial charge < -0.3 is 0 Å². The van der Waals surface area contributed by atoms with Crippen molar-refractivity contribution in [1.29, 1.82) is 0 Å². The Morgan fingerprint density at radius 2 is 2.44 bits per heavy atom. The van der Waals surface area contributed by atoms with Crippen LogP contribution in [0.1, 0.15) is 0 Å². The summed E-state index contributed by atoms with van der Waals surface area (Å²) in [4.78, 5) is 10.1. The molecule has 0 bridgehead atoms. The van der Waals surface area contributed by atoms with Gasteiger partial charge in [-0.15, -0.1) is 0 Å². The second kappa shape index (κ2) is 3.17. The third kappa shape index (κ3) is 1.65. The minimum absolute atomic E-state index is 0.736. The van der Waals surface area contributed by atoms with E-state index in [1.165, 1.54) is 6.33 Å². The first-order valence-electron chi connectivity index (χ1n) is 2.16. The van der Waals surface area contributed by atoms with Crippen LogP contribution in [0.2, 0.25) is 0 Å². The number of rotatable bonds is 1. The van der Waals surface area contributed by atoms with E-state index in [9.17, 15) is 0 Å². The molecule has 5 heteroatoms. The average Bonchev–Trinajstić information content (AvgIpc) is 1.89. The average molecular weight is 255 g/mol. The van der Waals surface area contributed by atoms with E-state index in [4.69, 9.17) is 11.8 Å². The Hall–Kier alpha value is -0.100. The van der Waals surface area contributed by atoms with Crippen molar-refractivity contribution in [2.24, 2.45) is 0 Å². The van der Waals surface area contributed by atoms with Gasteiger partial charge in [-0.25, -0.2) is 9.97 Å².